The fourth-order valence-electron chi connectivity index (χ4n) is 3.71. The van der Waals surface area contributed by atoms with E-state index in [1.165, 1.54) is 12.8 Å². The van der Waals surface area contributed by atoms with Crippen molar-refractivity contribution in [1.82, 2.24) is 10.0 Å². The lowest BCUT2D eigenvalue weighted by Gasteiger charge is -2.12. The third-order valence-electron chi connectivity index (χ3n) is 5.40. The molecular weight excluding hydrogens is 384 g/mol. The molecule has 0 heterocycles. The fraction of sp³-hybridized carbons (Fsp3) is 0.261. The minimum atomic E-state index is -3.62. The van der Waals surface area contributed by atoms with E-state index in [1.807, 2.05) is 30.3 Å². The predicted molar refractivity (Wildman–Crippen MR) is 114 cm³/mol. The first-order chi connectivity index (χ1) is 14.0. The first kappa shape index (κ1) is 19.6. The Morgan fingerprint density at radius 3 is 2.31 bits per heavy atom. The van der Waals surface area contributed by atoms with Crippen LogP contribution in [0.1, 0.15) is 41.6 Å². The molecule has 29 heavy (non-hydrogen) atoms. The van der Waals surface area contributed by atoms with Crippen molar-refractivity contribution in [2.24, 2.45) is 0 Å². The molecule has 0 aromatic heterocycles. The standard InChI is InChI=1S/C23H24N2O3S/c26-23(25-21-7-3-4-8-21)19-11-9-17(10-12-19)16-24-29(27,28)22-14-13-18-5-1-2-6-20(18)15-22/h1-2,5-6,9-15,21,24H,3-4,7-8,16H2,(H,25,26). The lowest BCUT2D eigenvalue weighted by atomic mass is 10.1. The number of hydrogen-bond donors (Lipinski definition) is 2. The van der Waals surface area contributed by atoms with Crippen LogP contribution < -0.4 is 10.0 Å². The van der Waals surface area contributed by atoms with E-state index in [2.05, 4.69) is 10.0 Å². The number of sulfonamides is 1. The van der Waals surface area contributed by atoms with Gasteiger partial charge < -0.3 is 5.32 Å². The van der Waals surface area contributed by atoms with Crippen LogP contribution >= 0.6 is 0 Å². The minimum Gasteiger partial charge on any atom is -0.349 e. The molecule has 150 valence electrons. The quantitative estimate of drug-likeness (QED) is 0.648. The average molecular weight is 409 g/mol. The van der Waals surface area contributed by atoms with E-state index in [-0.39, 0.29) is 23.4 Å². The summed E-state index contributed by atoms with van der Waals surface area (Å²) in [5.74, 6) is -0.0693. The number of amides is 1. The third-order valence-corrected chi connectivity index (χ3v) is 6.80. The molecule has 5 nitrogen and oxygen atoms in total. The Morgan fingerprint density at radius 2 is 1.59 bits per heavy atom. The van der Waals surface area contributed by atoms with Crippen LogP contribution in [0.2, 0.25) is 0 Å². The summed E-state index contributed by atoms with van der Waals surface area (Å²) in [6.07, 6.45) is 4.42. The molecule has 0 unspecified atom stereocenters. The molecule has 1 amide bonds. The van der Waals surface area contributed by atoms with Gasteiger partial charge in [-0.3, -0.25) is 4.79 Å². The summed E-state index contributed by atoms with van der Waals surface area (Å²) in [4.78, 5) is 12.5. The van der Waals surface area contributed by atoms with Gasteiger partial charge >= 0.3 is 0 Å². The Morgan fingerprint density at radius 1 is 0.897 bits per heavy atom. The Hall–Kier alpha value is -2.70. The second-order valence-electron chi connectivity index (χ2n) is 7.49. The van der Waals surface area contributed by atoms with Crippen molar-refractivity contribution >= 4 is 26.7 Å². The van der Waals surface area contributed by atoms with Gasteiger partial charge in [-0.25, -0.2) is 13.1 Å². The van der Waals surface area contributed by atoms with Gasteiger partial charge in [-0.1, -0.05) is 55.3 Å². The SMILES string of the molecule is O=C(NC1CCCC1)c1ccc(CNS(=O)(=O)c2ccc3ccccc3c2)cc1. The van der Waals surface area contributed by atoms with Gasteiger partial charge in [0, 0.05) is 18.2 Å². The summed E-state index contributed by atoms with van der Waals surface area (Å²) in [5, 5.41) is 4.94. The maximum absolute atomic E-state index is 12.6. The molecular formula is C23H24N2O3S. The summed E-state index contributed by atoms with van der Waals surface area (Å²) < 4.78 is 27.9. The molecule has 2 N–H and O–H groups in total. The van der Waals surface area contributed by atoms with Gasteiger partial charge in [0.05, 0.1) is 4.90 Å². The zero-order chi connectivity index (χ0) is 20.3. The molecule has 1 fully saturated rings. The number of carbonyl (C=O) groups excluding carboxylic acids is 1. The molecule has 3 aromatic carbocycles. The Kier molecular flexibility index (Phi) is 5.65. The van der Waals surface area contributed by atoms with Gasteiger partial charge in [0.1, 0.15) is 0 Å². The third kappa shape index (κ3) is 4.66. The highest BCUT2D eigenvalue weighted by atomic mass is 32.2. The average Bonchev–Trinajstić information content (AvgIpc) is 3.25. The van der Waals surface area contributed by atoms with Crippen LogP contribution in [-0.4, -0.2) is 20.4 Å². The Labute approximate surface area is 171 Å². The molecule has 6 heteroatoms. The lowest BCUT2D eigenvalue weighted by Crippen LogP contribution is -2.32. The van der Waals surface area contributed by atoms with Crippen LogP contribution in [0, 0.1) is 0 Å². The fourth-order valence-corrected chi connectivity index (χ4v) is 4.76. The molecule has 0 aliphatic heterocycles. The number of nitrogens with one attached hydrogen (secondary N) is 2. The topological polar surface area (TPSA) is 75.3 Å². The van der Waals surface area contributed by atoms with E-state index in [0.717, 1.165) is 29.2 Å². The van der Waals surface area contributed by atoms with E-state index in [0.29, 0.717) is 5.56 Å². The Bertz CT molecular complexity index is 1120. The van der Waals surface area contributed by atoms with Crippen molar-refractivity contribution in [3.05, 3.63) is 77.9 Å². The second-order valence-corrected chi connectivity index (χ2v) is 9.25. The molecule has 3 aromatic rings. The van der Waals surface area contributed by atoms with Gasteiger partial charge in [-0.05, 0) is 53.4 Å². The van der Waals surface area contributed by atoms with Crippen LogP contribution in [0.5, 0.6) is 0 Å². The number of rotatable bonds is 6. The molecule has 0 saturated heterocycles. The van der Waals surface area contributed by atoms with Gasteiger partial charge in [0.25, 0.3) is 5.91 Å². The second kappa shape index (κ2) is 8.35. The van der Waals surface area contributed by atoms with E-state index < -0.39 is 10.0 Å². The van der Waals surface area contributed by atoms with Crippen LogP contribution in [0.15, 0.2) is 71.6 Å². The number of fused-ring (bicyclic) bond motifs is 1. The zero-order valence-corrected chi connectivity index (χ0v) is 16.9. The molecule has 0 spiro atoms. The molecule has 1 saturated carbocycles. The molecule has 0 bridgehead atoms. The summed E-state index contributed by atoms with van der Waals surface area (Å²) in [7, 11) is -3.62. The monoisotopic (exact) mass is 408 g/mol. The molecule has 4 rings (SSSR count). The lowest BCUT2D eigenvalue weighted by molar-refractivity contribution is 0.0938. The van der Waals surface area contributed by atoms with Crippen molar-refractivity contribution in [3.8, 4) is 0 Å². The summed E-state index contributed by atoms with van der Waals surface area (Å²) in [6.45, 7) is 0.166. The molecule has 1 aliphatic carbocycles. The summed E-state index contributed by atoms with van der Waals surface area (Å²) in [6, 6.07) is 20.1. The van der Waals surface area contributed by atoms with Crippen molar-refractivity contribution in [3.63, 3.8) is 0 Å². The van der Waals surface area contributed by atoms with E-state index in [9.17, 15) is 13.2 Å². The minimum absolute atomic E-state index is 0.0693. The Balaban J connectivity index is 1.40. The van der Waals surface area contributed by atoms with Crippen LogP contribution in [0.3, 0.4) is 0 Å². The van der Waals surface area contributed by atoms with Crippen molar-refractivity contribution < 1.29 is 13.2 Å². The first-order valence-corrected chi connectivity index (χ1v) is 11.4. The zero-order valence-electron chi connectivity index (χ0n) is 16.1. The molecule has 1 aliphatic rings. The van der Waals surface area contributed by atoms with E-state index in [4.69, 9.17) is 0 Å². The highest BCUT2D eigenvalue weighted by Crippen LogP contribution is 2.20. The van der Waals surface area contributed by atoms with Crippen molar-refractivity contribution in [1.29, 1.82) is 0 Å². The van der Waals surface area contributed by atoms with Gasteiger partial charge in [-0.15, -0.1) is 0 Å². The maximum Gasteiger partial charge on any atom is 0.251 e. The van der Waals surface area contributed by atoms with Gasteiger partial charge in [0.15, 0.2) is 0 Å². The predicted octanol–water partition coefficient (Wildman–Crippen LogP) is 3.99. The maximum atomic E-state index is 12.6. The van der Waals surface area contributed by atoms with E-state index >= 15 is 0 Å². The highest BCUT2D eigenvalue weighted by molar-refractivity contribution is 7.89. The molecule has 0 atom stereocenters. The highest BCUT2D eigenvalue weighted by Gasteiger charge is 2.18. The van der Waals surface area contributed by atoms with Crippen molar-refractivity contribution in [2.45, 2.75) is 43.2 Å². The van der Waals surface area contributed by atoms with Crippen molar-refractivity contribution in [2.75, 3.05) is 0 Å². The van der Waals surface area contributed by atoms with Crippen LogP contribution in [0.25, 0.3) is 10.8 Å². The van der Waals surface area contributed by atoms with Crippen LogP contribution in [0.4, 0.5) is 0 Å². The first-order valence-electron chi connectivity index (χ1n) is 9.89. The normalized spacial score (nSPS) is 14.9. The number of benzene rings is 3. The van der Waals surface area contributed by atoms with E-state index in [1.54, 1.807) is 36.4 Å². The number of carbonyl (C=O) groups is 1. The van der Waals surface area contributed by atoms with Gasteiger partial charge in [0.2, 0.25) is 10.0 Å². The largest absolute Gasteiger partial charge is 0.349 e. The summed E-state index contributed by atoms with van der Waals surface area (Å²) >= 11 is 0. The smallest absolute Gasteiger partial charge is 0.251 e. The van der Waals surface area contributed by atoms with Crippen LogP contribution in [-0.2, 0) is 16.6 Å². The molecule has 0 radical (unpaired) electrons. The number of hydrogen-bond acceptors (Lipinski definition) is 3. The summed E-state index contributed by atoms with van der Waals surface area (Å²) in [5.41, 5.74) is 1.39. The van der Waals surface area contributed by atoms with Gasteiger partial charge in [-0.2, -0.15) is 0 Å².